The van der Waals surface area contributed by atoms with Gasteiger partial charge in [-0.1, -0.05) is 20.8 Å². The molecule has 0 bridgehead atoms. The maximum absolute atomic E-state index is 9.42. The van der Waals surface area contributed by atoms with Crippen LogP contribution in [-0.2, 0) is 14.0 Å². The van der Waals surface area contributed by atoms with Gasteiger partial charge in [0.05, 0.1) is 38.1 Å². The Kier molecular flexibility index (Phi) is 11.5. The Hall–Kier alpha value is -0.175. The fourth-order valence-electron chi connectivity index (χ4n) is 1.07. The first-order valence-corrected chi connectivity index (χ1v) is 6.92. The summed E-state index contributed by atoms with van der Waals surface area (Å²) < 4.78 is 15.8. The predicted molar refractivity (Wildman–Crippen MR) is 72.5 cm³/mol. The molecule has 0 amide bonds. The third-order valence-electron chi connectivity index (χ3n) is 2.69. The Morgan fingerprint density at radius 3 is 1.16 bits per heavy atom. The lowest BCUT2D eigenvalue weighted by Gasteiger charge is -2.19. The summed E-state index contributed by atoms with van der Waals surface area (Å²) in [4.78, 5) is 0. The van der Waals surface area contributed by atoms with E-state index in [4.69, 9.17) is 14.0 Å². The van der Waals surface area contributed by atoms with Gasteiger partial charge in [0, 0.05) is 0 Å². The van der Waals surface area contributed by atoms with Crippen LogP contribution in [0.5, 0.6) is 0 Å². The maximum Gasteiger partial charge on any atom is 0.639 e. The van der Waals surface area contributed by atoms with Crippen molar-refractivity contribution < 1.29 is 29.3 Å². The summed E-state index contributed by atoms with van der Waals surface area (Å²) in [6, 6.07) is 0. The van der Waals surface area contributed by atoms with Crippen molar-refractivity contribution in [2.75, 3.05) is 19.8 Å². The van der Waals surface area contributed by atoms with Gasteiger partial charge in [0.15, 0.2) is 0 Å². The molecule has 0 aromatic heterocycles. The van der Waals surface area contributed by atoms with Crippen LogP contribution in [0.15, 0.2) is 0 Å². The predicted octanol–water partition coefficient (Wildman–Crippen LogP) is 0.334. The molecule has 3 atom stereocenters. The zero-order valence-corrected chi connectivity index (χ0v) is 12.1. The van der Waals surface area contributed by atoms with Gasteiger partial charge in [-0.05, 0) is 19.3 Å². The van der Waals surface area contributed by atoms with E-state index in [1.54, 1.807) is 0 Å². The average Bonchev–Trinajstić information content (AvgIpc) is 2.44. The van der Waals surface area contributed by atoms with Crippen molar-refractivity contribution in [3.8, 4) is 0 Å². The SMILES string of the molecule is CCC(O)COB(OCC(O)CC)OCC(O)CC. The summed E-state index contributed by atoms with van der Waals surface area (Å²) in [6.45, 7) is 5.79. The highest BCUT2D eigenvalue weighted by Gasteiger charge is 2.24. The van der Waals surface area contributed by atoms with Crippen molar-refractivity contribution in [3.05, 3.63) is 0 Å². The third-order valence-corrected chi connectivity index (χ3v) is 2.69. The number of aliphatic hydroxyl groups is 3. The standard InChI is InChI=1S/C12H27BO6/c1-4-10(14)7-17-13(18-8-11(15)5-2)19-9-12(16)6-3/h10-12,14-16H,4-9H2,1-3H3. The monoisotopic (exact) mass is 278 g/mol. The van der Waals surface area contributed by atoms with Crippen molar-refractivity contribution >= 4 is 7.32 Å². The van der Waals surface area contributed by atoms with E-state index >= 15 is 0 Å². The van der Waals surface area contributed by atoms with Gasteiger partial charge in [0.25, 0.3) is 0 Å². The van der Waals surface area contributed by atoms with Crippen LogP contribution in [0.1, 0.15) is 40.0 Å². The summed E-state index contributed by atoms with van der Waals surface area (Å²) in [6.07, 6.45) is -0.0308. The van der Waals surface area contributed by atoms with Gasteiger partial charge in [-0.2, -0.15) is 0 Å². The quantitative estimate of drug-likeness (QED) is 0.446. The van der Waals surface area contributed by atoms with Gasteiger partial charge in [0.2, 0.25) is 0 Å². The van der Waals surface area contributed by atoms with Crippen molar-refractivity contribution in [1.29, 1.82) is 0 Å². The molecule has 6 nitrogen and oxygen atoms in total. The summed E-state index contributed by atoms with van der Waals surface area (Å²) >= 11 is 0. The molecule has 0 saturated heterocycles. The van der Waals surface area contributed by atoms with Gasteiger partial charge in [-0.25, -0.2) is 0 Å². The largest absolute Gasteiger partial charge is 0.639 e. The topological polar surface area (TPSA) is 88.4 Å². The fraction of sp³-hybridized carbons (Fsp3) is 1.00. The highest BCUT2D eigenvalue weighted by molar-refractivity contribution is 6.36. The van der Waals surface area contributed by atoms with Gasteiger partial charge in [0.1, 0.15) is 0 Å². The lowest BCUT2D eigenvalue weighted by molar-refractivity contribution is 0.00342. The first kappa shape index (κ1) is 18.8. The molecule has 0 saturated carbocycles. The maximum atomic E-state index is 9.42. The molecule has 0 rings (SSSR count). The number of rotatable bonds is 12. The van der Waals surface area contributed by atoms with Crippen LogP contribution in [0.4, 0.5) is 0 Å². The van der Waals surface area contributed by atoms with Crippen LogP contribution in [0.2, 0.25) is 0 Å². The molecule has 0 spiro atoms. The van der Waals surface area contributed by atoms with E-state index < -0.39 is 25.6 Å². The summed E-state index contributed by atoms with van der Waals surface area (Å²) in [5, 5.41) is 28.3. The van der Waals surface area contributed by atoms with Crippen molar-refractivity contribution in [2.24, 2.45) is 0 Å². The fourth-order valence-corrected chi connectivity index (χ4v) is 1.07. The zero-order chi connectivity index (χ0) is 14.7. The first-order valence-electron chi connectivity index (χ1n) is 6.92. The van der Waals surface area contributed by atoms with E-state index in [1.165, 1.54) is 0 Å². The van der Waals surface area contributed by atoms with Crippen LogP contribution in [0, 0.1) is 0 Å². The van der Waals surface area contributed by atoms with Crippen LogP contribution >= 0.6 is 0 Å². The van der Waals surface area contributed by atoms with E-state index in [2.05, 4.69) is 0 Å². The Morgan fingerprint density at radius 2 is 0.947 bits per heavy atom. The molecule has 0 aliphatic carbocycles. The highest BCUT2D eigenvalue weighted by Crippen LogP contribution is 2.02. The zero-order valence-electron chi connectivity index (χ0n) is 12.1. The van der Waals surface area contributed by atoms with Gasteiger partial charge in [-0.15, -0.1) is 0 Å². The Morgan fingerprint density at radius 1 is 0.684 bits per heavy atom. The smallest absolute Gasteiger partial charge is 0.391 e. The average molecular weight is 278 g/mol. The molecule has 0 aliphatic heterocycles. The number of aliphatic hydroxyl groups excluding tert-OH is 3. The van der Waals surface area contributed by atoms with E-state index in [0.717, 1.165) is 0 Å². The minimum absolute atomic E-state index is 0.0889. The molecule has 0 aliphatic rings. The molecule has 3 N–H and O–H groups in total. The highest BCUT2D eigenvalue weighted by atomic mass is 16.7. The summed E-state index contributed by atoms with van der Waals surface area (Å²) in [7, 11) is -0.983. The van der Waals surface area contributed by atoms with Crippen molar-refractivity contribution in [2.45, 2.75) is 58.3 Å². The molecule has 0 heterocycles. The molecule has 19 heavy (non-hydrogen) atoms. The second-order valence-corrected chi connectivity index (χ2v) is 4.47. The lowest BCUT2D eigenvalue weighted by atomic mass is 10.2. The minimum Gasteiger partial charge on any atom is -0.391 e. The Bertz CT molecular complexity index is 173. The van der Waals surface area contributed by atoms with E-state index in [-0.39, 0.29) is 19.8 Å². The van der Waals surface area contributed by atoms with E-state index in [9.17, 15) is 15.3 Å². The normalized spacial score (nSPS) is 16.1. The second-order valence-electron chi connectivity index (χ2n) is 4.47. The number of hydrogen-bond donors (Lipinski definition) is 3. The van der Waals surface area contributed by atoms with Crippen LogP contribution < -0.4 is 0 Å². The molecule has 0 radical (unpaired) electrons. The molecule has 114 valence electrons. The van der Waals surface area contributed by atoms with Crippen molar-refractivity contribution in [1.82, 2.24) is 0 Å². The molecular formula is C12H27BO6. The minimum atomic E-state index is -0.983. The van der Waals surface area contributed by atoms with E-state index in [0.29, 0.717) is 19.3 Å². The molecule has 3 unspecified atom stereocenters. The molecule has 0 fully saturated rings. The van der Waals surface area contributed by atoms with E-state index in [1.807, 2.05) is 20.8 Å². The van der Waals surface area contributed by atoms with Gasteiger partial charge < -0.3 is 29.3 Å². The van der Waals surface area contributed by atoms with Gasteiger partial charge >= 0.3 is 7.32 Å². The number of hydrogen-bond acceptors (Lipinski definition) is 6. The molecule has 0 aromatic carbocycles. The van der Waals surface area contributed by atoms with Crippen LogP contribution in [0.3, 0.4) is 0 Å². The van der Waals surface area contributed by atoms with Crippen LogP contribution in [-0.4, -0.2) is 60.8 Å². The molecule has 7 heteroatoms. The summed E-state index contributed by atoms with van der Waals surface area (Å²) in [5.41, 5.74) is 0. The summed E-state index contributed by atoms with van der Waals surface area (Å²) in [5.74, 6) is 0. The Balaban J connectivity index is 4.06. The lowest BCUT2D eigenvalue weighted by Crippen LogP contribution is -2.35. The Labute approximate surface area is 115 Å². The second kappa shape index (κ2) is 11.6. The van der Waals surface area contributed by atoms with Crippen molar-refractivity contribution in [3.63, 3.8) is 0 Å². The van der Waals surface area contributed by atoms with Gasteiger partial charge in [-0.3, -0.25) is 0 Å². The van der Waals surface area contributed by atoms with Crippen LogP contribution in [0.25, 0.3) is 0 Å². The molecular weight excluding hydrogens is 251 g/mol. The first-order chi connectivity index (χ1) is 9.03. The third kappa shape index (κ3) is 10.3. The molecule has 0 aromatic rings.